The van der Waals surface area contributed by atoms with Gasteiger partial charge in [0.25, 0.3) is 5.91 Å². The summed E-state index contributed by atoms with van der Waals surface area (Å²) in [6, 6.07) is 3.37. The molecule has 1 aliphatic rings. The van der Waals surface area contributed by atoms with E-state index in [1.165, 1.54) is 0 Å². The van der Waals surface area contributed by atoms with Gasteiger partial charge in [0.05, 0.1) is 23.6 Å². The molecular formula is C12H12N4O3S. The molecule has 0 fully saturated rings. The summed E-state index contributed by atoms with van der Waals surface area (Å²) in [6.45, 7) is 0.436. The van der Waals surface area contributed by atoms with Gasteiger partial charge in [0.1, 0.15) is 5.75 Å². The van der Waals surface area contributed by atoms with Crippen LogP contribution in [0.1, 0.15) is 5.69 Å². The quantitative estimate of drug-likeness (QED) is 0.630. The number of H-pyrrole nitrogens is 1. The third kappa shape index (κ3) is 2.45. The lowest BCUT2D eigenvalue weighted by Crippen LogP contribution is -2.25. The van der Waals surface area contributed by atoms with E-state index in [-0.39, 0.29) is 17.4 Å². The number of ether oxygens (including phenoxy) is 1. The number of anilines is 3. The highest BCUT2D eigenvalue weighted by atomic mass is 32.1. The molecule has 3 rings (SSSR count). The zero-order valence-electron chi connectivity index (χ0n) is 10.4. The molecule has 0 unspecified atom stereocenters. The fourth-order valence-electron chi connectivity index (χ4n) is 1.89. The van der Waals surface area contributed by atoms with Gasteiger partial charge in [-0.05, 0) is 6.07 Å². The molecule has 7 nitrogen and oxygen atoms in total. The fraction of sp³-hybridized carbons (Fsp3) is 0.167. The third-order valence-electron chi connectivity index (χ3n) is 2.82. The summed E-state index contributed by atoms with van der Waals surface area (Å²) in [5.74, 6) is 0.354. The zero-order valence-corrected chi connectivity index (χ0v) is 11.2. The number of hydrogen-bond acceptors (Lipinski definition) is 6. The van der Waals surface area contributed by atoms with E-state index in [1.54, 1.807) is 17.5 Å². The van der Waals surface area contributed by atoms with Crippen molar-refractivity contribution in [2.45, 2.75) is 6.54 Å². The van der Waals surface area contributed by atoms with Crippen molar-refractivity contribution in [3.8, 4) is 5.75 Å². The Kier molecular flexibility index (Phi) is 3.07. The predicted octanol–water partition coefficient (Wildman–Crippen LogP) is 0.962. The number of aromatic nitrogens is 1. The van der Waals surface area contributed by atoms with Crippen LogP contribution in [0.2, 0.25) is 0 Å². The highest BCUT2D eigenvalue weighted by molar-refractivity contribution is 7.07. The van der Waals surface area contributed by atoms with Crippen LogP contribution < -0.4 is 26.0 Å². The summed E-state index contributed by atoms with van der Waals surface area (Å²) in [5, 5.41) is 7.57. The van der Waals surface area contributed by atoms with Crippen LogP contribution in [0, 0.1) is 0 Å². The number of benzene rings is 1. The van der Waals surface area contributed by atoms with Crippen molar-refractivity contribution >= 4 is 34.3 Å². The maximum atomic E-state index is 11.3. The van der Waals surface area contributed by atoms with Crippen LogP contribution in [0.15, 0.2) is 22.3 Å². The minimum atomic E-state index is -0.199. The molecule has 8 heteroatoms. The number of nitrogens with two attached hydrogens (primary N) is 1. The molecule has 1 amide bonds. The summed E-state index contributed by atoms with van der Waals surface area (Å²) < 4.78 is 5.27. The van der Waals surface area contributed by atoms with Gasteiger partial charge in [-0.15, -0.1) is 0 Å². The second-order valence-electron chi connectivity index (χ2n) is 4.30. The molecule has 104 valence electrons. The van der Waals surface area contributed by atoms with Crippen molar-refractivity contribution in [2.24, 2.45) is 0 Å². The Labute approximate surface area is 117 Å². The molecule has 0 aliphatic carbocycles. The van der Waals surface area contributed by atoms with E-state index in [0.29, 0.717) is 29.4 Å². The molecule has 0 bridgehead atoms. The first-order valence-corrected chi connectivity index (χ1v) is 6.76. The summed E-state index contributed by atoms with van der Waals surface area (Å²) >= 11 is 1.11. The largest absolute Gasteiger partial charge is 0.482 e. The topological polar surface area (TPSA) is 109 Å². The van der Waals surface area contributed by atoms with Gasteiger partial charge in [-0.3, -0.25) is 9.59 Å². The molecule has 5 N–H and O–H groups in total. The van der Waals surface area contributed by atoms with Crippen molar-refractivity contribution in [2.75, 3.05) is 23.0 Å². The van der Waals surface area contributed by atoms with Crippen LogP contribution in [0.4, 0.5) is 17.1 Å². The molecule has 0 atom stereocenters. The van der Waals surface area contributed by atoms with Gasteiger partial charge >= 0.3 is 4.87 Å². The lowest BCUT2D eigenvalue weighted by Gasteiger charge is -2.20. The molecule has 1 aromatic carbocycles. The van der Waals surface area contributed by atoms with E-state index in [2.05, 4.69) is 15.6 Å². The minimum Gasteiger partial charge on any atom is -0.482 e. The Morgan fingerprint density at radius 3 is 3.00 bits per heavy atom. The predicted molar refractivity (Wildman–Crippen MR) is 77.2 cm³/mol. The monoisotopic (exact) mass is 292 g/mol. The van der Waals surface area contributed by atoms with E-state index in [0.717, 1.165) is 17.0 Å². The molecule has 0 saturated heterocycles. The molecule has 2 heterocycles. The Bertz CT molecular complexity index is 722. The van der Waals surface area contributed by atoms with Crippen LogP contribution in [0.5, 0.6) is 5.75 Å². The average Bonchev–Trinajstić information content (AvgIpc) is 2.83. The SMILES string of the molecule is Nc1cc2c(cc1NCc1csc(=O)[nH]1)NC(=O)CO2. The number of fused-ring (bicyclic) bond motifs is 1. The number of hydrogen-bond donors (Lipinski definition) is 4. The van der Waals surface area contributed by atoms with Crippen LogP contribution in [0.25, 0.3) is 0 Å². The lowest BCUT2D eigenvalue weighted by atomic mass is 10.2. The number of nitrogen functional groups attached to an aromatic ring is 1. The molecule has 1 aliphatic heterocycles. The molecule has 1 aromatic heterocycles. The Morgan fingerprint density at radius 2 is 2.25 bits per heavy atom. The molecule has 20 heavy (non-hydrogen) atoms. The van der Waals surface area contributed by atoms with E-state index in [4.69, 9.17) is 10.5 Å². The van der Waals surface area contributed by atoms with E-state index in [9.17, 15) is 9.59 Å². The standard InChI is InChI=1S/C12H12N4O3S/c13-7-1-10-9(16-11(17)4-19-10)2-8(7)14-3-6-5-20-12(18)15-6/h1-2,5,14H,3-4,13H2,(H,15,18)(H,16,17). The summed E-state index contributed by atoms with van der Waals surface area (Å²) in [4.78, 5) is 24.9. The van der Waals surface area contributed by atoms with Crippen molar-refractivity contribution in [3.05, 3.63) is 32.9 Å². The van der Waals surface area contributed by atoms with Gasteiger partial charge in [-0.25, -0.2) is 0 Å². The number of rotatable bonds is 3. The number of nitrogens with one attached hydrogen (secondary N) is 3. The van der Waals surface area contributed by atoms with Crippen molar-refractivity contribution in [1.82, 2.24) is 4.98 Å². The van der Waals surface area contributed by atoms with Crippen LogP contribution >= 0.6 is 11.3 Å². The highest BCUT2D eigenvalue weighted by Gasteiger charge is 2.17. The van der Waals surface area contributed by atoms with Crippen LogP contribution in [-0.2, 0) is 11.3 Å². The zero-order chi connectivity index (χ0) is 14.1. The number of carbonyl (C=O) groups is 1. The average molecular weight is 292 g/mol. The minimum absolute atomic E-state index is 0.00461. The first-order chi connectivity index (χ1) is 9.61. The molecule has 0 radical (unpaired) electrons. The van der Waals surface area contributed by atoms with E-state index < -0.39 is 0 Å². The van der Waals surface area contributed by atoms with E-state index >= 15 is 0 Å². The van der Waals surface area contributed by atoms with Crippen molar-refractivity contribution in [3.63, 3.8) is 0 Å². The first-order valence-electron chi connectivity index (χ1n) is 5.88. The summed E-state index contributed by atoms with van der Waals surface area (Å²) in [6.07, 6.45) is 0. The van der Waals surface area contributed by atoms with Gasteiger partial charge in [-0.2, -0.15) is 0 Å². The fourth-order valence-corrected chi connectivity index (χ4v) is 2.47. The second kappa shape index (κ2) is 4.89. The van der Waals surface area contributed by atoms with Crippen molar-refractivity contribution in [1.29, 1.82) is 0 Å². The number of thiazole rings is 1. The smallest absolute Gasteiger partial charge is 0.304 e. The maximum absolute atomic E-state index is 11.3. The van der Waals surface area contributed by atoms with Gasteiger partial charge in [0.2, 0.25) is 0 Å². The lowest BCUT2D eigenvalue weighted by molar-refractivity contribution is -0.118. The van der Waals surface area contributed by atoms with Crippen LogP contribution in [0.3, 0.4) is 0 Å². The highest BCUT2D eigenvalue weighted by Crippen LogP contribution is 2.35. The number of amides is 1. The van der Waals surface area contributed by atoms with Crippen LogP contribution in [-0.4, -0.2) is 17.5 Å². The summed E-state index contributed by atoms with van der Waals surface area (Å²) in [7, 11) is 0. The van der Waals surface area contributed by atoms with Gasteiger partial charge in [0.15, 0.2) is 6.61 Å². The molecular weight excluding hydrogens is 280 g/mol. The molecule has 0 saturated carbocycles. The van der Waals surface area contributed by atoms with Gasteiger partial charge < -0.3 is 26.1 Å². The normalized spacial score (nSPS) is 13.3. The Balaban J connectivity index is 1.81. The third-order valence-corrected chi connectivity index (χ3v) is 3.54. The maximum Gasteiger partial charge on any atom is 0.304 e. The second-order valence-corrected chi connectivity index (χ2v) is 5.14. The van der Waals surface area contributed by atoms with Gasteiger partial charge in [-0.1, -0.05) is 11.3 Å². The number of aromatic amines is 1. The molecule has 0 spiro atoms. The first kappa shape index (κ1) is 12.5. The molecule has 2 aromatic rings. The van der Waals surface area contributed by atoms with Gasteiger partial charge in [0, 0.05) is 17.1 Å². The van der Waals surface area contributed by atoms with E-state index in [1.807, 2.05) is 0 Å². The van der Waals surface area contributed by atoms with Crippen molar-refractivity contribution < 1.29 is 9.53 Å². The Morgan fingerprint density at radius 1 is 1.40 bits per heavy atom. The number of carbonyl (C=O) groups excluding carboxylic acids is 1. The summed E-state index contributed by atoms with van der Waals surface area (Å²) in [5.41, 5.74) is 8.46. The Hall–Kier alpha value is -2.48.